The van der Waals surface area contributed by atoms with E-state index in [9.17, 15) is 13.2 Å². The number of imidazole rings is 1. The van der Waals surface area contributed by atoms with Crippen LogP contribution in [0.25, 0.3) is 16.7 Å². The van der Waals surface area contributed by atoms with Crippen LogP contribution in [0.15, 0.2) is 30.6 Å². The lowest BCUT2D eigenvalue weighted by Gasteiger charge is -2.28. The molecule has 0 amide bonds. The molecule has 24 heavy (non-hydrogen) atoms. The van der Waals surface area contributed by atoms with E-state index in [2.05, 4.69) is 20.2 Å². The maximum atomic E-state index is 13.0. The number of nitrogens with one attached hydrogen (secondary N) is 1. The highest BCUT2D eigenvalue weighted by Gasteiger charge is 2.31. The molecule has 0 bridgehead atoms. The van der Waals surface area contributed by atoms with Gasteiger partial charge in [-0.2, -0.15) is 13.2 Å². The SMILES string of the molecule is Cl.FC(F)(F)c1ccc2c(c1)nc(N1CCNCC1)c1nccn12. The topological polar surface area (TPSA) is 45.5 Å². The van der Waals surface area contributed by atoms with Gasteiger partial charge in [-0.05, 0) is 18.2 Å². The average molecular weight is 358 g/mol. The predicted molar refractivity (Wildman–Crippen MR) is 87.8 cm³/mol. The molecule has 0 spiro atoms. The van der Waals surface area contributed by atoms with Crippen LogP contribution >= 0.6 is 12.4 Å². The number of aromatic nitrogens is 3. The number of benzene rings is 1. The number of piperazine rings is 1. The fourth-order valence-electron chi connectivity index (χ4n) is 2.91. The highest BCUT2D eigenvalue weighted by molar-refractivity contribution is 5.85. The Morgan fingerprint density at radius 2 is 1.88 bits per heavy atom. The maximum absolute atomic E-state index is 13.0. The van der Waals surface area contributed by atoms with Crippen molar-refractivity contribution in [3.63, 3.8) is 0 Å². The Kier molecular flexibility index (Phi) is 4.27. The van der Waals surface area contributed by atoms with Crippen molar-refractivity contribution in [2.75, 3.05) is 31.1 Å². The number of anilines is 1. The van der Waals surface area contributed by atoms with Crippen molar-refractivity contribution in [3.8, 4) is 0 Å². The Hall–Kier alpha value is -2.06. The first-order valence-electron chi connectivity index (χ1n) is 7.34. The van der Waals surface area contributed by atoms with Crippen molar-refractivity contribution in [1.29, 1.82) is 0 Å². The summed E-state index contributed by atoms with van der Waals surface area (Å²) < 4.78 is 40.7. The molecule has 4 rings (SSSR count). The molecule has 128 valence electrons. The third kappa shape index (κ3) is 2.76. The number of fused-ring (bicyclic) bond motifs is 3. The van der Waals surface area contributed by atoms with Crippen LogP contribution in [0.3, 0.4) is 0 Å². The molecule has 5 nitrogen and oxygen atoms in total. The Morgan fingerprint density at radius 3 is 2.58 bits per heavy atom. The van der Waals surface area contributed by atoms with Crippen LogP contribution < -0.4 is 10.2 Å². The van der Waals surface area contributed by atoms with Gasteiger partial charge in [-0.25, -0.2) is 9.97 Å². The molecule has 0 aliphatic carbocycles. The van der Waals surface area contributed by atoms with E-state index in [0.717, 1.165) is 38.3 Å². The molecule has 1 aromatic carbocycles. The summed E-state index contributed by atoms with van der Waals surface area (Å²) in [6.07, 6.45) is -0.993. The molecule has 1 saturated heterocycles. The van der Waals surface area contributed by atoms with E-state index in [0.29, 0.717) is 22.5 Å². The Labute approximate surface area is 141 Å². The van der Waals surface area contributed by atoms with E-state index in [1.54, 1.807) is 16.8 Å². The van der Waals surface area contributed by atoms with E-state index in [1.807, 2.05) is 0 Å². The van der Waals surface area contributed by atoms with Crippen LogP contribution in [0.4, 0.5) is 19.0 Å². The molecular weight excluding hydrogens is 343 g/mol. The van der Waals surface area contributed by atoms with E-state index in [1.165, 1.54) is 6.07 Å². The van der Waals surface area contributed by atoms with Gasteiger partial charge in [0.1, 0.15) is 0 Å². The van der Waals surface area contributed by atoms with E-state index in [-0.39, 0.29) is 12.4 Å². The second-order valence-corrected chi connectivity index (χ2v) is 5.49. The van der Waals surface area contributed by atoms with Gasteiger partial charge in [0.25, 0.3) is 0 Å². The molecular formula is C15H15ClF3N5. The summed E-state index contributed by atoms with van der Waals surface area (Å²) in [5, 5.41) is 3.25. The summed E-state index contributed by atoms with van der Waals surface area (Å²) in [6.45, 7) is 3.13. The first-order valence-corrected chi connectivity index (χ1v) is 7.34. The lowest BCUT2D eigenvalue weighted by molar-refractivity contribution is -0.137. The van der Waals surface area contributed by atoms with Crippen molar-refractivity contribution in [1.82, 2.24) is 19.7 Å². The molecule has 0 unspecified atom stereocenters. The quantitative estimate of drug-likeness (QED) is 0.727. The van der Waals surface area contributed by atoms with Gasteiger partial charge in [0.05, 0.1) is 16.6 Å². The second-order valence-electron chi connectivity index (χ2n) is 5.49. The van der Waals surface area contributed by atoms with Crippen molar-refractivity contribution >= 4 is 34.9 Å². The third-order valence-electron chi connectivity index (χ3n) is 4.05. The highest BCUT2D eigenvalue weighted by Crippen LogP contribution is 2.32. The van der Waals surface area contributed by atoms with Crippen molar-refractivity contribution < 1.29 is 13.2 Å². The van der Waals surface area contributed by atoms with E-state index in [4.69, 9.17) is 0 Å². The van der Waals surface area contributed by atoms with Crippen molar-refractivity contribution in [2.45, 2.75) is 6.18 Å². The molecule has 0 saturated carbocycles. The number of rotatable bonds is 1. The van der Waals surface area contributed by atoms with E-state index >= 15 is 0 Å². The van der Waals surface area contributed by atoms with Gasteiger partial charge >= 0.3 is 6.18 Å². The van der Waals surface area contributed by atoms with Crippen molar-refractivity contribution in [2.24, 2.45) is 0 Å². The summed E-state index contributed by atoms with van der Waals surface area (Å²) in [5.41, 5.74) is 0.908. The summed E-state index contributed by atoms with van der Waals surface area (Å²) in [7, 11) is 0. The molecule has 0 radical (unpaired) electrons. The third-order valence-corrected chi connectivity index (χ3v) is 4.05. The van der Waals surface area contributed by atoms with Gasteiger partial charge < -0.3 is 10.2 Å². The minimum atomic E-state index is -4.38. The number of alkyl halides is 3. The van der Waals surface area contributed by atoms with Gasteiger partial charge in [-0.1, -0.05) is 0 Å². The number of halogens is 4. The molecule has 1 N–H and O–H groups in total. The molecule has 3 aromatic rings. The van der Waals surface area contributed by atoms with Crippen LogP contribution in [0.1, 0.15) is 5.56 Å². The zero-order chi connectivity index (χ0) is 16.0. The van der Waals surface area contributed by atoms with Crippen LogP contribution in [-0.2, 0) is 6.18 Å². The van der Waals surface area contributed by atoms with Gasteiger partial charge in [-0.3, -0.25) is 4.40 Å². The van der Waals surface area contributed by atoms with Crippen LogP contribution in [-0.4, -0.2) is 40.5 Å². The van der Waals surface area contributed by atoms with Crippen LogP contribution in [0.5, 0.6) is 0 Å². The zero-order valence-corrected chi connectivity index (χ0v) is 13.4. The minimum Gasteiger partial charge on any atom is -0.351 e. The van der Waals surface area contributed by atoms with Gasteiger partial charge in [0, 0.05) is 38.6 Å². The second kappa shape index (κ2) is 6.10. The molecule has 0 atom stereocenters. The van der Waals surface area contributed by atoms with Gasteiger partial charge in [-0.15, -0.1) is 12.4 Å². The Morgan fingerprint density at radius 1 is 1.12 bits per heavy atom. The summed E-state index contributed by atoms with van der Waals surface area (Å²) >= 11 is 0. The Bertz CT molecular complexity index is 871. The van der Waals surface area contributed by atoms with Crippen molar-refractivity contribution in [3.05, 3.63) is 36.2 Å². The minimum absolute atomic E-state index is 0. The standard InChI is InChI=1S/C15H14F3N5.ClH/c16-15(17,18)10-1-2-12-11(9-10)21-14(13-20-5-8-23(12)13)22-6-3-19-4-7-22;/h1-2,5,8-9,19H,3-4,6-7H2;1H. The van der Waals surface area contributed by atoms with Crippen LogP contribution in [0, 0.1) is 0 Å². The first kappa shape index (κ1) is 16.8. The smallest absolute Gasteiger partial charge is 0.351 e. The molecule has 9 heteroatoms. The lowest BCUT2D eigenvalue weighted by atomic mass is 10.2. The summed E-state index contributed by atoms with van der Waals surface area (Å²) in [5.74, 6) is 0.628. The predicted octanol–water partition coefficient (Wildman–Crippen LogP) is 2.73. The number of hydrogen-bond donors (Lipinski definition) is 1. The lowest BCUT2D eigenvalue weighted by Crippen LogP contribution is -2.44. The fourth-order valence-corrected chi connectivity index (χ4v) is 2.91. The van der Waals surface area contributed by atoms with Crippen LogP contribution in [0.2, 0.25) is 0 Å². The number of nitrogens with zero attached hydrogens (tertiary/aromatic N) is 4. The van der Waals surface area contributed by atoms with Gasteiger partial charge in [0.2, 0.25) is 0 Å². The first-order chi connectivity index (χ1) is 11.0. The molecule has 2 aromatic heterocycles. The Balaban J connectivity index is 0.00000169. The molecule has 3 heterocycles. The van der Waals surface area contributed by atoms with Gasteiger partial charge in [0.15, 0.2) is 11.5 Å². The summed E-state index contributed by atoms with van der Waals surface area (Å²) in [4.78, 5) is 10.9. The summed E-state index contributed by atoms with van der Waals surface area (Å²) in [6, 6.07) is 3.62. The molecule has 1 aliphatic heterocycles. The molecule has 1 aliphatic rings. The normalized spacial score (nSPS) is 15.7. The van der Waals surface area contributed by atoms with E-state index < -0.39 is 11.7 Å². The largest absolute Gasteiger partial charge is 0.416 e. The zero-order valence-electron chi connectivity index (χ0n) is 12.5. The maximum Gasteiger partial charge on any atom is 0.416 e. The molecule has 1 fully saturated rings. The number of hydrogen-bond acceptors (Lipinski definition) is 4. The highest BCUT2D eigenvalue weighted by atomic mass is 35.5. The average Bonchev–Trinajstić information content (AvgIpc) is 3.03. The fraction of sp³-hybridized carbons (Fsp3) is 0.333. The monoisotopic (exact) mass is 357 g/mol.